The lowest BCUT2D eigenvalue weighted by molar-refractivity contribution is 0.0931. The van der Waals surface area contributed by atoms with E-state index in [4.69, 9.17) is 4.42 Å². The number of aryl methyl sites for hydroxylation is 1. The third-order valence-electron chi connectivity index (χ3n) is 4.31. The van der Waals surface area contributed by atoms with Gasteiger partial charge in [-0.2, -0.15) is 0 Å². The molecule has 122 valence electrons. The number of phenolic OH excluding ortho intramolecular Hbond substituents is 1. The van der Waals surface area contributed by atoms with E-state index in [1.807, 2.05) is 25.1 Å². The number of amides is 1. The first kappa shape index (κ1) is 15.6. The van der Waals surface area contributed by atoms with Gasteiger partial charge in [0.1, 0.15) is 11.5 Å². The van der Waals surface area contributed by atoms with E-state index >= 15 is 0 Å². The SMILES string of the molecule is Cc1ccc(C(=O)NCC(c2ccco2)N2CCCC2)c(O)c1. The molecule has 23 heavy (non-hydrogen) atoms. The van der Waals surface area contributed by atoms with E-state index in [1.165, 1.54) is 12.8 Å². The maximum atomic E-state index is 12.3. The highest BCUT2D eigenvalue weighted by Gasteiger charge is 2.26. The average molecular weight is 314 g/mol. The highest BCUT2D eigenvalue weighted by Crippen LogP contribution is 2.25. The van der Waals surface area contributed by atoms with Gasteiger partial charge in [-0.1, -0.05) is 6.07 Å². The third-order valence-corrected chi connectivity index (χ3v) is 4.31. The molecule has 1 amide bonds. The van der Waals surface area contributed by atoms with Crippen LogP contribution in [0.1, 0.15) is 40.6 Å². The number of hydrogen-bond acceptors (Lipinski definition) is 4. The monoisotopic (exact) mass is 314 g/mol. The maximum absolute atomic E-state index is 12.3. The molecule has 1 aromatic heterocycles. The first-order valence-electron chi connectivity index (χ1n) is 8.00. The van der Waals surface area contributed by atoms with Crippen LogP contribution in [0, 0.1) is 6.92 Å². The second-order valence-electron chi connectivity index (χ2n) is 6.00. The summed E-state index contributed by atoms with van der Waals surface area (Å²) in [4.78, 5) is 14.7. The number of hydrogen-bond donors (Lipinski definition) is 2. The molecule has 2 aromatic rings. The van der Waals surface area contributed by atoms with Crippen molar-refractivity contribution in [3.63, 3.8) is 0 Å². The molecule has 1 fully saturated rings. The van der Waals surface area contributed by atoms with Crippen molar-refractivity contribution in [3.8, 4) is 5.75 Å². The Labute approximate surface area is 135 Å². The molecule has 0 bridgehead atoms. The standard InChI is InChI=1S/C18H22N2O3/c1-13-6-7-14(16(21)11-13)18(22)19-12-15(17-5-4-10-23-17)20-8-2-3-9-20/h4-7,10-11,15,21H,2-3,8-9,12H2,1H3,(H,19,22). The molecule has 1 atom stereocenters. The fourth-order valence-electron chi connectivity index (χ4n) is 3.06. The summed E-state index contributed by atoms with van der Waals surface area (Å²) in [5.74, 6) is 0.608. The minimum absolute atomic E-state index is 0.0122. The third kappa shape index (κ3) is 3.56. The summed E-state index contributed by atoms with van der Waals surface area (Å²) in [6.07, 6.45) is 4.00. The van der Waals surface area contributed by atoms with E-state index in [9.17, 15) is 9.90 Å². The number of rotatable bonds is 5. The van der Waals surface area contributed by atoms with Crippen molar-refractivity contribution in [2.24, 2.45) is 0 Å². The van der Waals surface area contributed by atoms with Gasteiger partial charge in [0.15, 0.2) is 0 Å². The second-order valence-corrected chi connectivity index (χ2v) is 6.00. The van der Waals surface area contributed by atoms with Gasteiger partial charge < -0.3 is 14.8 Å². The molecule has 1 aromatic carbocycles. The van der Waals surface area contributed by atoms with E-state index in [1.54, 1.807) is 18.4 Å². The molecule has 1 saturated heterocycles. The molecule has 5 nitrogen and oxygen atoms in total. The molecular weight excluding hydrogens is 292 g/mol. The van der Waals surface area contributed by atoms with E-state index in [0.29, 0.717) is 12.1 Å². The van der Waals surface area contributed by atoms with Crippen LogP contribution in [0.2, 0.25) is 0 Å². The Bertz CT molecular complexity index is 661. The predicted octanol–water partition coefficient (Wildman–Crippen LogP) is 2.86. The fourth-order valence-corrected chi connectivity index (χ4v) is 3.06. The number of carbonyl (C=O) groups is 1. The zero-order valence-corrected chi connectivity index (χ0v) is 13.3. The minimum Gasteiger partial charge on any atom is -0.507 e. The lowest BCUT2D eigenvalue weighted by Crippen LogP contribution is -2.36. The van der Waals surface area contributed by atoms with E-state index in [-0.39, 0.29) is 17.7 Å². The molecule has 0 spiro atoms. The first-order valence-corrected chi connectivity index (χ1v) is 8.00. The molecular formula is C18H22N2O3. The predicted molar refractivity (Wildman–Crippen MR) is 87.4 cm³/mol. The van der Waals surface area contributed by atoms with Crippen LogP contribution >= 0.6 is 0 Å². The van der Waals surface area contributed by atoms with Crippen LogP contribution in [0.25, 0.3) is 0 Å². The number of furan rings is 1. The normalized spacial score (nSPS) is 16.4. The molecule has 1 aliphatic rings. The Morgan fingerprint density at radius 3 is 2.78 bits per heavy atom. The number of carbonyl (C=O) groups excluding carboxylic acids is 1. The number of nitrogens with one attached hydrogen (secondary N) is 1. The zero-order valence-electron chi connectivity index (χ0n) is 13.3. The smallest absolute Gasteiger partial charge is 0.255 e. The number of likely N-dealkylation sites (tertiary alicyclic amines) is 1. The Morgan fingerprint density at radius 1 is 1.35 bits per heavy atom. The van der Waals surface area contributed by atoms with Crippen LogP contribution in [0.15, 0.2) is 41.0 Å². The van der Waals surface area contributed by atoms with Crippen LogP contribution < -0.4 is 5.32 Å². The van der Waals surface area contributed by atoms with Crippen molar-refractivity contribution in [2.75, 3.05) is 19.6 Å². The van der Waals surface area contributed by atoms with Crippen LogP contribution in [0.4, 0.5) is 0 Å². The second kappa shape index (κ2) is 6.87. The van der Waals surface area contributed by atoms with Crippen molar-refractivity contribution in [1.29, 1.82) is 0 Å². The van der Waals surface area contributed by atoms with E-state index in [0.717, 1.165) is 24.4 Å². The van der Waals surface area contributed by atoms with Crippen molar-refractivity contribution in [2.45, 2.75) is 25.8 Å². The highest BCUT2D eigenvalue weighted by atomic mass is 16.3. The zero-order chi connectivity index (χ0) is 16.2. The van der Waals surface area contributed by atoms with Crippen LogP contribution in [0.3, 0.4) is 0 Å². The molecule has 0 aliphatic carbocycles. The van der Waals surface area contributed by atoms with Gasteiger partial charge in [-0.25, -0.2) is 0 Å². The fraction of sp³-hybridized carbons (Fsp3) is 0.389. The van der Waals surface area contributed by atoms with E-state index < -0.39 is 0 Å². The summed E-state index contributed by atoms with van der Waals surface area (Å²) in [5.41, 5.74) is 1.22. The van der Waals surface area contributed by atoms with Crippen molar-refractivity contribution in [1.82, 2.24) is 10.2 Å². The number of aromatic hydroxyl groups is 1. The number of phenols is 1. The van der Waals surface area contributed by atoms with Gasteiger partial charge >= 0.3 is 0 Å². The number of benzene rings is 1. The Hall–Kier alpha value is -2.27. The first-order chi connectivity index (χ1) is 11.1. The summed E-state index contributed by atoms with van der Waals surface area (Å²) < 4.78 is 5.54. The summed E-state index contributed by atoms with van der Waals surface area (Å²) in [7, 11) is 0. The van der Waals surface area contributed by atoms with Crippen molar-refractivity contribution in [3.05, 3.63) is 53.5 Å². The van der Waals surface area contributed by atoms with Gasteiger partial charge in [-0.05, 0) is 62.7 Å². The van der Waals surface area contributed by atoms with Gasteiger partial charge in [0, 0.05) is 6.54 Å². The van der Waals surface area contributed by atoms with Gasteiger partial charge in [0.2, 0.25) is 0 Å². The average Bonchev–Trinajstić information content (AvgIpc) is 3.21. The van der Waals surface area contributed by atoms with Crippen molar-refractivity contribution >= 4 is 5.91 Å². The largest absolute Gasteiger partial charge is 0.507 e. The maximum Gasteiger partial charge on any atom is 0.255 e. The molecule has 5 heteroatoms. The Kier molecular flexibility index (Phi) is 4.67. The minimum atomic E-state index is -0.266. The Balaban J connectivity index is 1.69. The molecule has 3 rings (SSSR count). The summed E-state index contributed by atoms with van der Waals surface area (Å²) in [5, 5.41) is 12.9. The summed E-state index contributed by atoms with van der Waals surface area (Å²) in [6.45, 7) is 4.36. The van der Waals surface area contributed by atoms with E-state index in [2.05, 4.69) is 10.2 Å². The molecule has 1 unspecified atom stereocenters. The molecule has 0 saturated carbocycles. The lowest BCUT2D eigenvalue weighted by atomic mass is 10.1. The Morgan fingerprint density at radius 2 is 2.13 bits per heavy atom. The van der Waals surface area contributed by atoms with Gasteiger partial charge in [-0.15, -0.1) is 0 Å². The van der Waals surface area contributed by atoms with Gasteiger partial charge in [-0.3, -0.25) is 9.69 Å². The highest BCUT2D eigenvalue weighted by molar-refractivity contribution is 5.96. The summed E-state index contributed by atoms with van der Waals surface area (Å²) >= 11 is 0. The molecule has 1 aliphatic heterocycles. The summed E-state index contributed by atoms with van der Waals surface area (Å²) in [6, 6.07) is 8.91. The van der Waals surface area contributed by atoms with Crippen LogP contribution in [-0.2, 0) is 0 Å². The molecule has 0 radical (unpaired) electrons. The molecule has 2 heterocycles. The van der Waals surface area contributed by atoms with Crippen molar-refractivity contribution < 1.29 is 14.3 Å². The van der Waals surface area contributed by atoms with Gasteiger partial charge in [0.25, 0.3) is 5.91 Å². The topological polar surface area (TPSA) is 65.7 Å². The molecule has 2 N–H and O–H groups in total. The number of nitrogens with zero attached hydrogens (tertiary/aromatic N) is 1. The van der Waals surface area contributed by atoms with Crippen LogP contribution in [0.5, 0.6) is 5.75 Å². The van der Waals surface area contributed by atoms with Crippen LogP contribution in [-0.4, -0.2) is 35.5 Å². The van der Waals surface area contributed by atoms with Gasteiger partial charge in [0.05, 0.1) is 17.9 Å². The lowest BCUT2D eigenvalue weighted by Gasteiger charge is -2.26. The quantitative estimate of drug-likeness (QED) is 0.890.